The van der Waals surface area contributed by atoms with Crippen LogP contribution >= 0.6 is 0 Å². The molecule has 1 aliphatic carbocycles. The molecule has 1 amide bonds. The van der Waals surface area contributed by atoms with Gasteiger partial charge < -0.3 is 21.1 Å². The maximum atomic E-state index is 11.4. The van der Waals surface area contributed by atoms with Crippen LogP contribution in [-0.4, -0.2) is 46.6 Å². The van der Waals surface area contributed by atoms with Crippen LogP contribution in [0, 0.1) is 0 Å². The minimum atomic E-state index is -0.519. The van der Waals surface area contributed by atoms with Crippen molar-refractivity contribution in [3.05, 3.63) is 68.6 Å². The van der Waals surface area contributed by atoms with Crippen LogP contribution in [0.1, 0.15) is 34.5 Å². The van der Waals surface area contributed by atoms with Gasteiger partial charge in [0, 0.05) is 17.3 Å². The van der Waals surface area contributed by atoms with Crippen molar-refractivity contribution in [2.24, 2.45) is 10.7 Å². The first-order valence-corrected chi connectivity index (χ1v) is 9.91. The van der Waals surface area contributed by atoms with Crippen LogP contribution in [0.5, 0.6) is 5.88 Å². The zero-order chi connectivity index (χ0) is 22.2. The molecule has 12 nitrogen and oxygen atoms in total. The standard InChI is InChI=1S/C20H19N9O3/c21-15(30)11-3-1-10(2-4-11)8-22-18-26-16-12(7-14-17(31)27-20(32)25-14)9-23-29(16)19(28-18)24-13-5-6-13/h1-4,7,9,13,31H,5-6,8H2,(H2,21,30)(H,22,24,28)(H2,25,27,32)/b12-7-. The Labute approximate surface area is 179 Å². The predicted molar refractivity (Wildman–Crippen MR) is 114 cm³/mol. The van der Waals surface area contributed by atoms with Gasteiger partial charge in [-0.3, -0.25) is 9.78 Å². The van der Waals surface area contributed by atoms with Gasteiger partial charge in [-0.2, -0.15) is 19.6 Å². The average molecular weight is 433 g/mol. The topological polar surface area (TPSA) is 179 Å². The van der Waals surface area contributed by atoms with Crippen molar-refractivity contribution in [1.82, 2.24) is 29.5 Å². The second kappa shape index (κ2) is 7.65. The van der Waals surface area contributed by atoms with Gasteiger partial charge >= 0.3 is 5.69 Å². The Bertz CT molecular complexity index is 1490. The molecular formula is C20H19N9O3. The van der Waals surface area contributed by atoms with E-state index >= 15 is 0 Å². The monoisotopic (exact) mass is 433 g/mol. The summed E-state index contributed by atoms with van der Waals surface area (Å²) in [6, 6.07) is 7.12. The van der Waals surface area contributed by atoms with Gasteiger partial charge in [-0.15, -0.1) is 0 Å². The quantitative estimate of drug-likeness (QED) is 0.263. The van der Waals surface area contributed by atoms with Crippen LogP contribution in [0.25, 0.3) is 11.7 Å². The van der Waals surface area contributed by atoms with Crippen molar-refractivity contribution < 1.29 is 9.90 Å². The third-order valence-corrected chi connectivity index (χ3v) is 4.95. The number of aromatic hydroxyl groups is 1. The summed E-state index contributed by atoms with van der Waals surface area (Å²) in [6.45, 7) is 0.414. The lowest BCUT2D eigenvalue weighted by molar-refractivity contribution is 0.100. The lowest BCUT2D eigenvalue weighted by Gasteiger charge is -2.06. The Hall–Kier alpha value is -4.48. The third-order valence-electron chi connectivity index (χ3n) is 4.95. The molecule has 1 fully saturated rings. The van der Waals surface area contributed by atoms with E-state index in [4.69, 9.17) is 5.73 Å². The molecule has 32 heavy (non-hydrogen) atoms. The zero-order valence-corrected chi connectivity index (χ0v) is 16.7. The van der Waals surface area contributed by atoms with Gasteiger partial charge in [0.15, 0.2) is 5.65 Å². The minimum Gasteiger partial charge on any atom is -0.493 e. The molecule has 0 atom stereocenters. The summed E-state index contributed by atoms with van der Waals surface area (Å²) in [4.78, 5) is 41.1. The number of aromatic amines is 2. The molecule has 0 aliphatic heterocycles. The van der Waals surface area contributed by atoms with Crippen molar-refractivity contribution in [3.8, 4) is 5.88 Å². The highest BCUT2D eigenvalue weighted by molar-refractivity contribution is 5.92. The predicted octanol–water partition coefficient (Wildman–Crippen LogP) is -0.832. The lowest BCUT2D eigenvalue weighted by Crippen LogP contribution is -2.24. The number of imidazole rings is 1. The van der Waals surface area contributed by atoms with Gasteiger partial charge in [-0.25, -0.2) is 9.79 Å². The summed E-state index contributed by atoms with van der Waals surface area (Å²) in [5, 5.41) is 17.9. The Morgan fingerprint density at radius 2 is 2.06 bits per heavy atom. The fourth-order valence-corrected chi connectivity index (χ4v) is 3.13. The van der Waals surface area contributed by atoms with Gasteiger partial charge in [0.25, 0.3) is 5.62 Å². The van der Waals surface area contributed by atoms with Gasteiger partial charge in [0.1, 0.15) is 5.69 Å². The van der Waals surface area contributed by atoms with E-state index in [-0.39, 0.29) is 17.6 Å². The summed E-state index contributed by atoms with van der Waals surface area (Å²) in [7, 11) is 0. The zero-order valence-electron chi connectivity index (χ0n) is 16.7. The van der Waals surface area contributed by atoms with Crippen LogP contribution in [0.4, 0.5) is 5.95 Å². The van der Waals surface area contributed by atoms with E-state index in [1.54, 1.807) is 36.5 Å². The van der Waals surface area contributed by atoms with Crippen molar-refractivity contribution in [3.63, 3.8) is 0 Å². The Kier molecular flexibility index (Phi) is 4.66. The van der Waals surface area contributed by atoms with E-state index in [0.717, 1.165) is 18.4 Å². The molecule has 4 aromatic rings. The van der Waals surface area contributed by atoms with Crippen molar-refractivity contribution in [2.45, 2.75) is 25.4 Å². The molecule has 0 unspecified atom stereocenters. The highest BCUT2D eigenvalue weighted by Crippen LogP contribution is 2.22. The molecule has 0 radical (unpaired) electrons. The molecular weight excluding hydrogens is 414 g/mol. The first-order valence-electron chi connectivity index (χ1n) is 9.91. The number of benzene rings is 1. The maximum Gasteiger partial charge on any atom is 0.326 e. The average Bonchev–Trinajstić information content (AvgIpc) is 3.41. The van der Waals surface area contributed by atoms with E-state index < -0.39 is 11.6 Å². The summed E-state index contributed by atoms with van der Waals surface area (Å²) in [5.74, 6) is -0.411. The van der Waals surface area contributed by atoms with Gasteiger partial charge in [0.05, 0.1) is 12.2 Å². The van der Waals surface area contributed by atoms with Crippen LogP contribution in [-0.2, 0) is 6.54 Å². The first-order chi connectivity index (χ1) is 15.5. The molecule has 0 saturated heterocycles. The number of amides is 1. The van der Waals surface area contributed by atoms with Crippen molar-refractivity contribution >= 4 is 23.6 Å². The molecule has 12 heteroatoms. The van der Waals surface area contributed by atoms with Crippen LogP contribution < -0.4 is 27.6 Å². The third kappa shape index (κ3) is 3.93. The van der Waals surface area contributed by atoms with E-state index in [0.29, 0.717) is 34.5 Å². The molecule has 1 aromatic carbocycles. The van der Waals surface area contributed by atoms with Crippen molar-refractivity contribution in [1.29, 1.82) is 0 Å². The number of nitrogens with one attached hydrogen (secondary N) is 3. The Morgan fingerprint density at radius 1 is 1.28 bits per heavy atom. The number of nitrogens with two attached hydrogens (primary N) is 1. The maximum absolute atomic E-state index is 11.4. The molecule has 3 heterocycles. The number of hydrogen-bond donors (Lipinski definition) is 5. The fraction of sp³-hybridized carbons (Fsp3) is 0.200. The largest absolute Gasteiger partial charge is 0.493 e. The van der Waals surface area contributed by atoms with E-state index in [9.17, 15) is 14.7 Å². The van der Waals surface area contributed by atoms with Gasteiger partial charge in [0.2, 0.25) is 17.7 Å². The number of fused-ring (bicyclic) bond motifs is 1. The molecule has 3 aromatic heterocycles. The number of H-pyrrole nitrogens is 2. The highest BCUT2D eigenvalue weighted by Gasteiger charge is 2.21. The molecule has 0 bridgehead atoms. The molecule has 1 saturated carbocycles. The number of hydrogen-bond acceptors (Lipinski definition) is 8. The summed E-state index contributed by atoms with van der Waals surface area (Å²) >= 11 is 0. The molecule has 162 valence electrons. The molecule has 0 spiro atoms. The van der Waals surface area contributed by atoms with E-state index in [1.807, 2.05) is 0 Å². The SMILES string of the molecule is NC(=O)c1ccc(CNc2nc(=NC3CC3)n3nc/c(=C/c4[nH]c(=O)[nH]c4O)c3n2)cc1. The molecule has 6 N–H and O–H groups in total. The normalized spacial score (nSPS) is 14.9. The lowest BCUT2D eigenvalue weighted by atomic mass is 10.1. The number of nitrogens with zero attached hydrogens (tertiary/aromatic N) is 5. The summed E-state index contributed by atoms with van der Waals surface area (Å²) < 4.78 is 1.53. The summed E-state index contributed by atoms with van der Waals surface area (Å²) in [6.07, 6.45) is 5.13. The first kappa shape index (κ1) is 19.5. The highest BCUT2D eigenvalue weighted by atomic mass is 16.3. The second-order valence-electron chi connectivity index (χ2n) is 7.44. The van der Waals surface area contributed by atoms with E-state index in [2.05, 4.69) is 35.3 Å². The van der Waals surface area contributed by atoms with Crippen LogP contribution in [0.15, 0.2) is 40.2 Å². The van der Waals surface area contributed by atoms with Gasteiger partial charge in [-0.1, -0.05) is 12.1 Å². The van der Waals surface area contributed by atoms with E-state index in [1.165, 1.54) is 4.52 Å². The minimum absolute atomic E-state index is 0.212. The Morgan fingerprint density at radius 3 is 2.72 bits per heavy atom. The number of carbonyl (C=O) groups is 1. The Balaban J connectivity index is 1.53. The van der Waals surface area contributed by atoms with Crippen LogP contribution in [0.3, 0.4) is 0 Å². The number of rotatable bonds is 6. The van der Waals surface area contributed by atoms with Crippen LogP contribution in [0.2, 0.25) is 0 Å². The number of carbonyl (C=O) groups excluding carboxylic acids is 1. The molecule has 1 aliphatic rings. The number of anilines is 1. The molecule has 5 rings (SSSR count). The number of primary amides is 1. The number of aromatic nitrogens is 6. The van der Waals surface area contributed by atoms with Crippen molar-refractivity contribution in [2.75, 3.05) is 5.32 Å². The second-order valence-corrected chi connectivity index (χ2v) is 7.44. The smallest absolute Gasteiger partial charge is 0.326 e. The summed E-state index contributed by atoms with van der Waals surface area (Å²) in [5.41, 5.74) is 7.20. The fourth-order valence-electron chi connectivity index (χ4n) is 3.13. The van der Waals surface area contributed by atoms with Gasteiger partial charge in [-0.05, 0) is 36.6 Å².